The van der Waals surface area contributed by atoms with E-state index in [1.807, 2.05) is 12.1 Å². The van der Waals surface area contributed by atoms with Crippen LogP contribution in [0.3, 0.4) is 0 Å². The Balaban J connectivity index is 0.00000676. The molecule has 0 heterocycles. The van der Waals surface area contributed by atoms with Gasteiger partial charge in [-0.2, -0.15) is 0 Å². The fourth-order valence-electron chi connectivity index (χ4n) is 3.13. The van der Waals surface area contributed by atoms with Gasteiger partial charge in [-0.25, -0.2) is 8.42 Å². The zero-order valence-corrected chi connectivity index (χ0v) is 20.4. The first-order valence-electron chi connectivity index (χ1n) is 10.2. The van der Waals surface area contributed by atoms with Crippen molar-refractivity contribution in [3.05, 3.63) is 29.3 Å². The summed E-state index contributed by atoms with van der Waals surface area (Å²) in [7, 11) is -4.45. The van der Waals surface area contributed by atoms with Gasteiger partial charge in [0.25, 0.3) is 0 Å². The molecule has 0 radical (unpaired) electrons. The largest absolute Gasteiger partial charge is 1.00 e. The van der Waals surface area contributed by atoms with E-state index in [9.17, 15) is 13.0 Å². The Labute approximate surface area is 188 Å². The molecular formula is C21H35NaO4S. The molecule has 0 aliphatic carbocycles. The van der Waals surface area contributed by atoms with E-state index in [1.165, 1.54) is 56.1 Å². The molecule has 0 bridgehead atoms. The van der Waals surface area contributed by atoms with Crippen LogP contribution in [0.15, 0.2) is 18.2 Å². The second kappa shape index (κ2) is 14.9. The predicted molar refractivity (Wildman–Crippen MR) is 107 cm³/mol. The van der Waals surface area contributed by atoms with Crippen molar-refractivity contribution in [1.29, 1.82) is 0 Å². The van der Waals surface area contributed by atoms with Crippen LogP contribution in [0.2, 0.25) is 0 Å². The van der Waals surface area contributed by atoms with E-state index >= 15 is 0 Å². The fraction of sp³-hybridized carbons (Fsp3) is 0.714. The number of rotatable bonds is 14. The third kappa shape index (κ3) is 10.9. The molecule has 0 N–H and O–H groups in total. The van der Waals surface area contributed by atoms with Gasteiger partial charge in [-0.15, -0.1) is 0 Å². The molecule has 0 aliphatic rings. The average Bonchev–Trinajstić information content (AvgIpc) is 2.60. The van der Waals surface area contributed by atoms with E-state index in [0.717, 1.165) is 19.3 Å². The van der Waals surface area contributed by atoms with E-state index in [2.05, 4.69) is 13.8 Å². The van der Waals surface area contributed by atoms with Gasteiger partial charge in [0, 0.05) is 0 Å². The van der Waals surface area contributed by atoms with Crippen molar-refractivity contribution < 1.29 is 47.3 Å². The van der Waals surface area contributed by atoms with Crippen LogP contribution in [0, 0.1) is 0 Å². The van der Waals surface area contributed by atoms with Crippen molar-refractivity contribution in [1.82, 2.24) is 0 Å². The summed E-state index contributed by atoms with van der Waals surface area (Å²) >= 11 is 0. The zero-order chi connectivity index (χ0) is 19.4. The minimum absolute atomic E-state index is 0. The Morgan fingerprint density at radius 2 is 1.44 bits per heavy atom. The minimum atomic E-state index is -4.45. The Hall–Kier alpha value is -0.0700. The molecule has 150 valence electrons. The van der Waals surface area contributed by atoms with Gasteiger partial charge in [-0.3, -0.25) is 0 Å². The Bertz CT molecular complexity index is 617. The molecule has 0 saturated carbocycles. The first-order valence-corrected chi connectivity index (χ1v) is 11.6. The van der Waals surface area contributed by atoms with Crippen LogP contribution in [0.25, 0.3) is 0 Å². The molecule has 1 atom stereocenters. The van der Waals surface area contributed by atoms with E-state index in [4.69, 9.17) is 4.74 Å². The normalized spacial score (nSPS) is 12.4. The average molecular weight is 407 g/mol. The van der Waals surface area contributed by atoms with Crippen LogP contribution < -0.4 is 34.3 Å². The summed E-state index contributed by atoms with van der Waals surface area (Å²) in [4.78, 5) is 0. The Morgan fingerprint density at radius 1 is 0.889 bits per heavy atom. The van der Waals surface area contributed by atoms with Crippen molar-refractivity contribution in [3.8, 4) is 5.75 Å². The SMILES string of the molecule is CCCCCCc1ccc(OC(CC)S(=O)(=O)[O-])cc1CCCCCC.[Na+]. The number of ether oxygens (including phenoxy) is 1. The molecule has 0 aliphatic heterocycles. The quantitative estimate of drug-likeness (QED) is 0.271. The van der Waals surface area contributed by atoms with Gasteiger partial charge < -0.3 is 9.29 Å². The first-order chi connectivity index (χ1) is 12.4. The Morgan fingerprint density at radius 3 is 1.93 bits per heavy atom. The summed E-state index contributed by atoms with van der Waals surface area (Å²) in [6.45, 7) is 6.05. The van der Waals surface area contributed by atoms with E-state index in [-0.39, 0.29) is 36.0 Å². The van der Waals surface area contributed by atoms with Crippen LogP contribution in [0.4, 0.5) is 0 Å². The molecule has 0 amide bonds. The Kier molecular flexibility index (Phi) is 14.8. The predicted octanol–water partition coefficient (Wildman–Crippen LogP) is 2.60. The summed E-state index contributed by atoms with van der Waals surface area (Å²) in [5.74, 6) is 0.485. The maximum absolute atomic E-state index is 11.3. The van der Waals surface area contributed by atoms with Crippen LogP contribution in [0.5, 0.6) is 5.75 Å². The third-order valence-electron chi connectivity index (χ3n) is 4.70. The molecule has 0 saturated heterocycles. The maximum Gasteiger partial charge on any atom is 1.00 e. The molecule has 1 aromatic rings. The van der Waals surface area contributed by atoms with Crippen molar-refractivity contribution >= 4 is 10.1 Å². The van der Waals surface area contributed by atoms with Crippen LogP contribution in [0.1, 0.15) is 89.7 Å². The molecule has 0 spiro atoms. The molecule has 0 aromatic heterocycles. The van der Waals surface area contributed by atoms with Gasteiger partial charge in [-0.05, 0) is 55.4 Å². The molecular weight excluding hydrogens is 371 g/mol. The van der Waals surface area contributed by atoms with Gasteiger partial charge in [0.1, 0.15) is 15.9 Å². The molecule has 6 heteroatoms. The summed E-state index contributed by atoms with van der Waals surface area (Å²) < 4.78 is 39.3. The number of hydrogen-bond acceptors (Lipinski definition) is 4. The monoisotopic (exact) mass is 406 g/mol. The second-order valence-electron chi connectivity index (χ2n) is 7.00. The first kappa shape index (κ1) is 26.9. The van der Waals surface area contributed by atoms with Crippen LogP contribution in [-0.2, 0) is 23.0 Å². The number of hydrogen-bond donors (Lipinski definition) is 0. The second-order valence-corrected chi connectivity index (χ2v) is 8.51. The van der Waals surface area contributed by atoms with Gasteiger partial charge in [0.05, 0.1) is 0 Å². The van der Waals surface area contributed by atoms with Gasteiger partial charge in [0.2, 0.25) is 0 Å². The molecule has 4 nitrogen and oxygen atoms in total. The van der Waals surface area contributed by atoms with E-state index < -0.39 is 15.6 Å². The van der Waals surface area contributed by atoms with Crippen LogP contribution >= 0.6 is 0 Å². The van der Waals surface area contributed by atoms with E-state index in [0.29, 0.717) is 5.75 Å². The van der Waals surface area contributed by atoms with E-state index in [1.54, 1.807) is 13.0 Å². The molecule has 27 heavy (non-hydrogen) atoms. The molecule has 1 aromatic carbocycles. The van der Waals surface area contributed by atoms with Crippen molar-refractivity contribution in [2.45, 2.75) is 96.8 Å². The molecule has 0 fully saturated rings. The zero-order valence-electron chi connectivity index (χ0n) is 17.6. The summed E-state index contributed by atoms with van der Waals surface area (Å²) in [6, 6.07) is 5.79. The van der Waals surface area contributed by atoms with Gasteiger partial charge in [-0.1, -0.05) is 65.4 Å². The van der Waals surface area contributed by atoms with Crippen LogP contribution in [-0.4, -0.2) is 18.4 Å². The number of unbranched alkanes of at least 4 members (excludes halogenated alkanes) is 6. The van der Waals surface area contributed by atoms with Crippen molar-refractivity contribution in [2.75, 3.05) is 0 Å². The number of aryl methyl sites for hydroxylation is 2. The summed E-state index contributed by atoms with van der Waals surface area (Å²) in [6.07, 6.45) is 11.8. The summed E-state index contributed by atoms with van der Waals surface area (Å²) in [5.41, 5.74) is 1.24. The van der Waals surface area contributed by atoms with Gasteiger partial charge in [0.15, 0.2) is 5.44 Å². The molecule has 1 unspecified atom stereocenters. The topological polar surface area (TPSA) is 66.4 Å². The smallest absolute Gasteiger partial charge is 0.745 e. The van der Waals surface area contributed by atoms with Crippen molar-refractivity contribution in [3.63, 3.8) is 0 Å². The molecule has 1 rings (SSSR count). The van der Waals surface area contributed by atoms with Gasteiger partial charge >= 0.3 is 29.6 Å². The maximum atomic E-state index is 11.3. The van der Waals surface area contributed by atoms with Crippen molar-refractivity contribution in [2.24, 2.45) is 0 Å². The third-order valence-corrected chi connectivity index (χ3v) is 5.77. The summed E-state index contributed by atoms with van der Waals surface area (Å²) in [5, 5.41) is 0. The minimum Gasteiger partial charge on any atom is -0.745 e. The fourth-order valence-corrected chi connectivity index (χ4v) is 3.77. The standard InChI is InChI=1S/C21H36O4S.Na/c1-4-7-9-11-13-18-15-16-20(25-21(6-3)26(22,23)24)17-19(18)14-12-10-8-5-2;/h15-17,21H,4-14H2,1-3H3,(H,22,23,24);/q;+1/p-1. The number of benzene rings is 1.